The molecule has 20 heteroatoms. The first kappa shape index (κ1) is 39.9. The predicted octanol–water partition coefficient (Wildman–Crippen LogP) is 2.95. The van der Waals surface area contributed by atoms with Crippen molar-refractivity contribution < 1.29 is 32.3 Å². The number of rotatable bonds is 10. The Morgan fingerprint density at radius 1 is 0.831 bits per heavy atom. The van der Waals surface area contributed by atoms with Crippen LogP contribution in [0, 0.1) is 23.4 Å². The number of piperidine rings is 2. The van der Waals surface area contributed by atoms with Gasteiger partial charge in [-0.15, -0.1) is 10.2 Å². The Hall–Kier alpha value is -5.92. The number of anilines is 6. The molecule has 2 aromatic carbocycles. The topological polar surface area (TPSA) is 180 Å². The predicted molar refractivity (Wildman–Crippen MR) is 213 cm³/mol. The summed E-state index contributed by atoms with van der Waals surface area (Å²) in [6, 6.07) is 6.85. The molecule has 1 aromatic heterocycles. The van der Waals surface area contributed by atoms with E-state index in [9.17, 15) is 19.2 Å². The average molecular weight is 820 g/mol. The lowest BCUT2D eigenvalue weighted by atomic mass is 9.95. The molecular weight excluding hydrogens is 772 g/mol. The number of halogens is 3. The SMILES string of the molecule is CN1CCN([C@@H]2CCCN(c3nnc(C(N)=O)c(Nc4ccc(N5CCN(CC6CCN(c7ccc(N8CCC(=O)NC8=O)c(F)c7F)CC6)CC5)c(F)c4)n3)C2)C1=O. The van der Waals surface area contributed by atoms with Crippen LogP contribution in [0.25, 0.3) is 0 Å². The summed E-state index contributed by atoms with van der Waals surface area (Å²) in [6.45, 7) is 7.10. The largest absolute Gasteiger partial charge is 0.369 e. The quantitative estimate of drug-likeness (QED) is 0.273. The number of primary amides is 1. The number of imide groups is 1. The van der Waals surface area contributed by atoms with E-state index in [2.05, 4.69) is 30.7 Å². The second-order valence-electron chi connectivity index (χ2n) is 15.8. The van der Waals surface area contributed by atoms with E-state index < -0.39 is 35.3 Å². The number of carbonyl (C=O) groups is 4. The van der Waals surface area contributed by atoms with Gasteiger partial charge in [0.05, 0.1) is 23.1 Å². The number of nitrogens with two attached hydrogens (primary N) is 1. The molecule has 5 fully saturated rings. The van der Waals surface area contributed by atoms with Gasteiger partial charge in [-0.05, 0) is 61.9 Å². The van der Waals surface area contributed by atoms with E-state index >= 15 is 13.2 Å². The van der Waals surface area contributed by atoms with Crippen LogP contribution >= 0.6 is 0 Å². The second-order valence-corrected chi connectivity index (χ2v) is 15.8. The Labute approximate surface area is 339 Å². The first-order valence-electron chi connectivity index (χ1n) is 20.1. The average Bonchev–Trinajstić information content (AvgIpc) is 3.57. The van der Waals surface area contributed by atoms with Gasteiger partial charge in [-0.3, -0.25) is 24.7 Å². The molecule has 5 aliphatic rings. The van der Waals surface area contributed by atoms with Gasteiger partial charge in [0, 0.05) is 97.7 Å². The number of aromatic nitrogens is 3. The smallest absolute Gasteiger partial charge is 0.328 e. The molecule has 0 spiro atoms. The fourth-order valence-electron chi connectivity index (χ4n) is 8.75. The molecule has 5 saturated heterocycles. The summed E-state index contributed by atoms with van der Waals surface area (Å²) in [5.74, 6) is -3.15. The van der Waals surface area contributed by atoms with Crippen molar-refractivity contribution in [3.63, 3.8) is 0 Å². The van der Waals surface area contributed by atoms with E-state index in [1.165, 1.54) is 18.2 Å². The summed E-state index contributed by atoms with van der Waals surface area (Å²) in [4.78, 5) is 65.9. The van der Waals surface area contributed by atoms with E-state index in [4.69, 9.17) is 5.73 Å². The van der Waals surface area contributed by atoms with E-state index in [1.54, 1.807) is 24.1 Å². The molecule has 6 amide bonds. The molecule has 6 heterocycles. The van der Waals surface area contributed by atoms with Crippen molar-refractivity contribution in [2.75, 3.05) is 111 Å². The summed E-state index contributed by atoms with van der Waals surface area (Å²) < 4.78 is 46.1. The van der Waals surface area contributed by atoms with Crippen molar-refractivity contribution in [3.05, 3.63) is 53.5 Å². The molecule has 5 aliphatic heterocycles. The normalized spacial score (nSPS) is 21.1. The van der Waals surface area contributed by atoms with Crippen LogP contribution in [-0.4, -0.2) is 145 Å². The number of likely N-dealkylation sites (N-methyl/N-ethyl adjacent to an activating group) is 1. The summed E-state index contributed by atoms with van der Waals surface area (Å²) in [5, 5.41) is 13.4. The number of nitrogens with one attached hydrogen (secondary N) is 2. The molecule has 314 valence electrons. The maximum atomic E-state index is 15.7. The first-order chi connectivity index (χ1) is 28.4. The molecule has 59 heavy (non-hydrogen) atoms. The van der Waals surface area contributed by atoms with Gasteiger partial charge in [-0.2, -0.15) is 4.98 Å². The van der Waals surface area contributed by atoms with Crippen molar-refractivity contribution >= 4 is 58.4 Å². The number of nitrogens with zero attached hydrogens (tertiary/aromatic N) is 10. The summed E-state index contributed by atoms with van der Waals surface area (Å²) in [6.07, 6.45) is 3.27. The van der Waals surface area contributed by atoms with Crippen LogP contribution in [0.15, 0.2) is 30.3 Å². The molecule has 4 N–H and O–H groups in total. The van der Waals surface area contributed by atoms with E-state index in [1.807, 2.05) is 19.6 Å². The van der Waals surface area contributed by atoms with Gasteiger partial charge in [0.25, 0.3) is 5.91 Å². The maximum Gasteiger partial charge on any atom is 0.328 e. The van der Waals surface area contributed by atoms with Crippen LogP contribution in [0.5, 0.6) is 0 Å². The highest BCUT2D eigenvalue weighted by molar-refractivity contribution is 6.05. The Bertz CT molecular complexity index is 2110. The highest BCUT2D eigenvalue weighted by Gasteiger charge is 2.36. The fourth-order valence-corrected chi connectivity index (χ4v) is 8.75. The number of hydrogen-bond acceptors (Lipinski definition) is 12. The van der Waals surface area contributed by atoms with Crippen molar-refractivity contribution in [1.29, 1.82) is 0 Å². The van der Waals surface area contributed by atoms with Gasteiger partial charge in [0.2, 0.25) is 11.9 Å². The Kier molecular flexibility index (Phi) is 11.3. The third-order valence-electron chi connectivity index (χ3n) is 12.1. The Morgan fingerprint density at radius 3 is 2.24 bits per heavy atom. The minimum absolute atomic E-state index is 0.00298. The maximum absolute atomic E-state index is 15.7. The molecule has 8 rings (SSSR count). The molecule has 17 nitrogen and oxygen atoms in total. The molecule has 3 aromatic rings. The summed E-state index contributed by atoms with van der Waals surface area (Å²) in [5.41, 5.74) is 6.20. The summed E-state index contributed by atoms with van der Waals surface area (Å²) >= 11 is 0. The number of piperazine rings is 1. The minimum atomic E-state index is -1.11. The third-order valence-corrected chi connectivity index (χ3v) is 12.1. The molecule has 0 bridgehead atoms. The van der Waals surface area contributed by atoms with Crippen molar-refractivity contribution in [1.82, 2.24) is 35.2 Å². The second kappa shape index (κ2) is 16.7. The minimum Gasteiger partial charge on any atom is -0.369 e. The van der Waals surface area contributed by atoms with Crippen LogP contribution < -0.4 is 36.0 Å². The number of hydrogen-bond donors (Lipinski definition) is 3. The zero-order valence-electron chi connectivity index (χ0n) is 32.9. The molecule has 0 saturated carbocycles. The molecular formula is C39H48F3N13O4. The van der Waals surface area contributed by atoms with Gasteiger partial charge in [0.15, 0.2) is 23.1 Å². The molecule has 0 aliphatic carbocycles. The van der Waals surface area contributed by atoms with E-state index in [0.717, 1.165) is 50.2 Å². The standard InChI is InChI=1S/C39H48F3N13O4/c1-49-15-20-54(39(49)59)26-3-2-11-53(23-26)37-46-36(34(35(43)57)47-48-37)44-25-4-5-28(27(40)21-25)52-18-16-50(17-19-52)22-24-8-12-51(13-9-24)29-6-7-30(33(42)32(29)41)55-14-10-31(56)45-38(55)58/h4-7,21,24,26H,2-3,8-20,22-23H2,1H3,(H2,43,57)(H,44,46,48)(H,45,56,58)/t26-/m1/s1. The van der Waals surface area contributed by atoms with Gasteiger partial charge in [-0.1, -0.05) is 0 Å². The van der Waals surface area contributed by atoms with Crippen LogP contribution in [-0.2, 0) is 4.79 Å². The van der Waals surface area contributed by atoms with Crippen molar-refractivity contribution in [3.8, 4) is 0 Å². The van der Waals surface area contributed by atoms with Gasteiger partial charge < -0.3 is 35.6 Å². The number of amides is 6. The van der Waals surface area contributed by atoms with Gasteiger partial charge >= 0.3 is 12.1 Å². The third kappa shape index (κ3) is 8.35. The lowest BCUT2D eigenvalue weighted by molar-refractivity contribution is -0.120. The molecule has 0 unspecified atom stereocenters. The highest BCUT2D eigenvalue weighted by Crippen LogP contribution is 2.34. The fraction of sp³-hybridized carbons (Fsp3) is 0.513. The number of carbonyl (C=O) groups excluding carboxylic acids is 4. The van der Waals surface area contributed by atoms with E-state index in [0.29, 0.717) is 69.7 Å². The van der Waals surface area contributed by atoms with Gasteiger partial charge in [0.1, 0.15) is 5.82 Å². The molecule has 0 radical (unpaired) electrons. The Morgan fingerprint density at radius 2 is 1.54 bits per heavy atom. The zero-order valence-corrected chi connectivity index (χ0v) is 32.9. The highest BCUT2D eigenvalue weighted by atomic mass is 19.2. The van der Waals surface area contributed by atoms with Crippen molar-refractivity contribution in [2.24, 2.45) is 11.7 Å². The lowest BCUT2D eigenvalue weighted by Crippen LogP contribution is -2.50. The van der Waals surface area contributed by atoms with Crippen LogP contribution in [0.3, 0.4) is 0 Å². The van der Waals surface area contributed by atoms with Crippen LogP contribution in [0.4, 0.5) is 57.3 Å². The lowest BCUT2D eigenvalue weighted by Gasteiger charge is -2.40. The van der Waals surface area contributed by atoms with Crippen LogP contribution in [0.2, 0.25) is 0 Å². The number of urea groups is 2. The monoisotopic (exact) mass is 819 g/mol. The molecule has 1 atom stereocenters. The van der Waals surface area contributed by atoms with Crippen LogP contribution in [0.1, 0.15) is 42.6 Å². The Balaban J connectivity index is 0.836. The van der Waals surface area contributed by atoms with Crippen molar-refractivity contribution in [2.45, 2.75) is 38.1 Å². The summed E-state index contributed by atoms with van der Waals surface area (Å²) in [7, 11) is 1.79. The van der Waals surface area contributed by atoms with E-state index in [-0.39, 0.29) is 53.9 Å². The number of benzene rings is 2. The van der Waals surface area contributed by atoms with Gasteiger partial charge in [-0.25, -0.2) is 22.8 Å². The first-order valence-corrected chi connectivity index (χ1v) is 20.1. The zero-order chi connectivity index (χ0) is 41.4.